The van der Waals surface area contributed by atoms with Crippen molar-refractivity contribution in [1.82, 2.24) is 0 Å². The van der Waals surface area contributed by atoms with Gasteiger partial charge in [0.05, 0.1) is 11.1 Å². The van der Waals surface area contributed by atoms with Crippen molar-refractivity contribution in [1.29, 1.82) is 0 Å². The fourth-order valence-corrected chi connectivity index (χ4v) is 1.47. The third-order valence-electron chi connectivity index (χ3n) is 2.12. The Hall–Kier alpha value is -1.59. The van der Waals surface area contributed by atoms with Crippen molar-refractivity contribution in [3.8, 4) is 0 Å². The average molecular weight is 236 g/mol. The van der Waals surface area contributed by atoms with E-state index in [9.17, 15) is 22.4 Å². The van der Waals surface area contributed by atoms with Crippen molar-refractivity contribution < 1.29 is 27.5 Å². The summed E-state index contributed by atoms with van der Waals surface area (Å²) in [7, 11) is 0. The molecule has 2 nitrogen and oxygen atoms in total. The topological polar surface area (TPSA) is 37.3 Å². The van der Waals surface area contributed by atoms with Crippen molar-refractivity contribution in [3.63, 3.8) is 0 Å². The number of alkyl halides is 3. The normalized spacial score (nSPS) is 11.6. The summed E-state index contributed by atoms with van der Waals surface area (Å²) < 4.78 is 50.9. The number of carboxylic acid groups (broad SMARTS) is 1. The zero-order valence-corrected chi connectivity index (χ0v) is 8.23. The fraction of sp³-hybridized carbons (Fsp3) is 0.300. The van der Waals surface area contributed by atoms with Crippen LogP contribution in [0.25, 0.3) is 0 Å². The highest BCUT2D eigenvalue weighted by Crippen LogP contribution is 2.36. The smallest absolute Gasteiger partial charge is 0.417 e. The molecule has 0 heterocycles. The van der Waals surface area contributed by atoms with Gasteiger partial charge in [-0.2, -0.15) is 13.2 Å². The second-order valence-electron chi connectivity index (χ2n) is 3.10. The van der Waals surface area contributed by atoms with Gasteiger partial charge in [-0.1, -0.05) is 6.92 Å². The highest BCUT2D eigenvalue weighted by Gasteiger charge is 2.38. The van der Waals surface area contributed by atoms with E-state index in [2.05, 4.69) is 0 Å². The van der Waals surface area contributed by atoms with E-state index >= 15 is 0 Å². The Labute approximate surface area is 88.5 Å². The van der Waals surface area contributed by atoms with Crippen LogP contribution >= 0.6 is 0 Å². The maximum atomic E-state index is 13.1. The predicted molar refractivity (Wildman–Crippen MR) is 47.7 cm³/mol. The van der Waals surface area contributed by atoms with Crippen molar-refractivity contribution in [2.45, 2.75) is 19.5 Å². The van der Waals surface area contributed by atoms with Gasteiger partial charge in [-0.3, -0.25) is 0 Å². The number of benzene rings is 1. The molecule has 0 spiro atoms. The second kappa shape index (κ2) is 4.11. The first-order chi connectivity index (χ1) is 7.29. The van der Waals surface area contributed by atoms with E-state index in [1.807, 2.05) is 0 Å². The lowest BCUT2D eigenvalue weighted by molar-refractivity contribution is -0.138. The van der Waals surface area contributed by atoms with Gasteiger partial charge in [0, 0.05) is 5.56 Å². The molecule has 1 aromatic carbocycles. The Kier molecular flexibility index (Phi) is 3.21. The summed E-state index contributed by atoms with van der Waals surface area (Å²) in [6.07, 6.45) is -5.09. The number of hydrogen-bond acceptors (Lipinski definition) is 1. The minimum atomic E-state index is -4.87. The minimum absolute atomic E-state index is 0.220. The monoisotopic (exact) mass is 236 g/mol. The molecule has 0 unspecified atom stereocenters. The molecule has 1 rings (SSSR count). The quantitative estimate of drug-likeness (QED) is 0.801. The molecule has 0 fully saturated rings. The molecule has 0 aliphatic carbocycles. The summed E-state index contributed by atoms with van der Waals surface area (Å²) in [5.41, 5.74) is -2.94. The first-order valence-corrected chi connectivity index (χ1v) is 4.41. The summed E-state index contributed by atoms with van der Waals surface area (Å²) in [6.45, 7) is 1.33. The molecule has 6 heteroatoms. The molecule has 0 aliphatic rings. The Morgan fingerprint density at radius 2 is 1.94 bits per heavy atom. The third kappa shape index (κ3) is 2.15. The Morgan fingerprint density at radius 3 is 2.31 bits per heavy atom. The Bertz CT molecular complexity index is 424. The average Bonchev–Trinajstić information content (AvgIpc) is 2.15. The summed E-state index contributed by atoms with van der Waals surface area (Å²) in [5, 5.41) is 8.62. The van der Waals surface area contributed by atoms with Gasteiger partial charge in [-0.25, -0.2) is 9.18 Å². The van der Waals surface area contributed by atoms with Gasteiger partial charge in [0.2, 0.25) is 0 Å². The fourth-order valence-electron chi connectivity index (χ4n) is 1.47. The number of carboxylic acids is 1. The zero-order chi connectivity index (χ0) is 12.5. The van der Waals surface area contributed by atoms with Crippen molar-refractivity contribution in [2.75, 3.05) is 0 Å². The van der Waals surface area contributed by atoms with E-state index in [0.717, 1.165) is 6.07 Å². The van der Waals surface area contributed by atoms with Gasteiger partial charge >= 0.3 is 12.1 Å². The van der Waals surface area contributed by atoms with E-state index in [4.69, 9.17) is 5.11 Å². The maximum absolute atomic E-state index is 13.1. The molecule has 0 saturated heterocycles. The molecule has 0 atom stereocenters. The van der Waals surface area contributed by atoms with Crippen molar-refractivity contribution in [3.05, 3.63) is 34.6 Å². The lowest BCUT2D eigenvalue weighted by Crippen LogP contribution is -2.17. The molecular weight excluding hydrogens is 228 g/mol. The minimum Gasteiger partial charge on any atom is -0.478 e. The van der Waals surface area contributed by atoms with Gasteiger partial charge in [-0.15, -0.1) is 0 Å². The van der Waals surface area contributed by atoms with Crippen LogP contribution in [0.3, 0.4) is 0 Å². The van der Waals surface area contributed by atoms with Crippen LogP contribution in [-0.4, -0.2) is 11.1 Å². The standard InChI is InChI=1S/C10H8F4O2/c1-2-5-7(11)4-3-6(9(15)16)8(5)10(12,13)14/h3-4H,2H2,1H3,(H,15,16). The number of hydrogen-bond donors (Lipinski definition) is 1. The SMILES string of the molecule is CCc1c(F)ccc(C(=O)O)c1C(F)(F)F. The van der Waals surface area contributed by atoms with Crippen LogP contribution < -0.4 is 0 Å². The van der Waals surface area contributed by atoms with E-state index < -0.39 is 34.7 Å². The van der Waals surface area contributed by atoms with Gasteiger partial charge in [0.15, 0.2) is 0 Å². The van der Waals surface area contributed by atoms with Gasteiger partial charge in [-0.05, 0) is 18.6 Å². The lowest BCUT2D eigenvalue weighted by atomic mass is 9.98. The van der Waals surface area contributed by atoms with Crippen LogP contribution in [0.15, 0.2) is 12.1 Å². The molecule has 0 amide bonds. The first-order valence-electron chi connectivity index (χ1n) is 4.41. The van der Waals surface area contributed by atoms with Crippen LogP contribution in [0.1, 0.15) is 28.4 Å². The van der Waals surface area contributed by atoms with E-state index in [1.165, 1.54) is 6.92 Å². The largest absolute Gasteiger partial charge is 0.478 e. The molecule has 1 N–H and O–H groups in total. The molecule has 0 aromatic heterocycles. The van der Waals surface area contributed by atoms with Crippen LogP contribution in [0.5, 0.6) is 0 Å². The van der Waals surface area contributed by atoms with Crippen LogP contribution in [0.2, 0.25) is 0 Å². The van der Waals surface area contributed by atoms with Gasteiger partial charge < -0.3 is 5.11 Å². The predicted octanol–water partition coefficient (Wildman–Crippen LogP) is 3.11. The number of aromatic carboxylic acids is 1. The Balaban J connectivity index is 3.61. The van der Waals surface area contributed by atoms with E-state index in [1.54, 1.807) is 0 Å². The number of halogens is 4. The highest BCUT2D eigenvalue weighted by molar-refractivity contribution is 5.90. The molecule has 0 saturated carbocycles. The molecule has 0 radical (unpaired) electrons. The van der Waals surface area contributed by atoms with E-state index in [-0.39, 0.29) is 6.42 Å². The summed E-state index contributed by atoms with van der Waals surface area (Å²) >= 11 is 0. The summed E-state index contributed by atoms with van der Waals surface area (Å²) in [5.74, 6) is -2.76. The second-order valence-corrected chi connectivity index (χ2v) is 3.10. The summed E-state index contributed by atoms with van der Waals surface area (Å²) in [6, 6.07) is 1.36. The van der Waals surface area contributed by atoms with Crippen molar-refractivity contribution in [2.24, 2.45) is 0 Å². The molecule has 88 valence electrons. The Morgan fingerprint density at radius 1 is 1.38 bits per heavy atom. The molecule has 0 aliphatic heterocycles. The van der Waals surface area contributed by atoms with Gasteiger partial charge in [0.1, 0.15) is 5.82 Å². The zero-order valence-electron chi connectivity index (χ0n) is 8.23. The van der Waals surface area contributed by atoms with Crippen LogP contribution in [0, 0.1) is 5.82 Å². The van der Waals surface area contributed by atoms with Crippen LogP contribution in [-0.2, 0) is 12.6 Å². The molecule has 0 bridgehead atoms. The number of rotatable bonds is 2. The van der Waals surface area contributed by atoms with E-state index in [0.29, 0.717) is 6.07 Å². The van der Waals surface area contributed by atoms with Crippen LogP contribution in [0.4, 0.5) is 17.6 Å². The van der Waals surface area contributed by atoms with Crippen molar-refractivity contribution >= 4 is 5.97 Å². The van der Waals surface area contributed by atoms with Gasteiger partial charge in [0.25, 0.3) is 0 Å². The number of carbonyl (C=O) groups is 1. The molecular formula is C10H8F4O2. The maximum Gasteiger partial charge on any atom is 0.417 e. The summed E-state index contributed by atoms with van der Waals surface area (Å²) in [4.78, 5) is 10.6. The third-order valence-corrected chi connectivity index (χ3v) is 2.12. The molecule has 1 aromatic rings. The lowest BCUT2D eigenvalue weighted by Gasteiger charge is -2.15. The first kappa shape index (κ1) is 12.5. The molecule has 16 heavy (non-hydrogen) atoms. The highest BCUT2D eigenvalue weighted by atomic mass is 19.4.